The van der Waals surface area contributed by atoms with Crippen molar-refractivity contribution in [1.82, 2.24) is 4.98 Å². The summed E-state index contributed by atoms with van der Waals surface area (Å²) in [7, 11) is -4.20. The smallest absolute Gasteiger partial charge is 0.233 e. The molecule has 0 unspecified atom stereocenters. The van der Waals surface area contributed by atoms with Crippen molar-refractivity contribution in [2.45, 2.75) is 11.3 Å². The van der Waals surface area contributed by atoms with Crippen molar-refractivity contribution >= 4 is 41.9 Å². The number of hydrogen-bond donors (Lipinski definition) is 1. The van der Waals surface area contributed by atoms with Crippen molar-refractivity contribution in [3.8, 4) is 0 Å². The molecule has 15 heavy (non-hydrogen) atoms. The van der Waals surface area contributed by atoms with Crippen LogP contribution in [-0.4, -0.2) is 13.4 Å². The lowest BCUT2D eigenvalue weighted by Gasteiger charge is -2.08. The molecule has 0 aliphatic heterocycles. The Balaban J connectivity index is 3.62. The maximum atomic E-state index is 12.5. The molecule has 9 heteroatoms. The standard InChI is InChI=1S/C6H4Br2F2N2O2S/c7-3-1-2(15(11,13)14)4(6(9)10)5(8)12-3/h1,6H,(H2,11,13,14). The predicted molar refractivity (Wildman–Crippen MR) is 56.0 cm³/mol. The van der Waals surface area contributed by atoms with Gasteiger partial charge >= 0.3 is 0 Å². The van der Waals surface area contributed by atoms with Crippen LogP contribution in [0.2, 0.25) is 0 Å². The van der Waals surface area contributed by atoms with Crippen LogP contribution in [0, 0.1) is 0 Å². The Hall–Kier alpha value is -0.120. The van der Waals surface area contributed by atoms with Crippen molar-refractivity contribution in [2.75, 3.05) is 0 Å². The number of nitrogens with zero attached hydrogens (tertiary/aromatic N) is 1. The highest BCUT2D eigenvalue weighted by Crippen LogP contribution is 2.33. The number of aromatic nitrogens is 1. The van der Waals surface area contributed by atoms with Gasteiger partial charge in [0.1, 0.15) is 9.21 Å². The second kappa shape index (κ2) is 4.40. The van der Waals surface area contributed by atoms with E-state index >= 15 is 0 Å². The van der Waals surface area contributed by atoms with Gasteiger partial charge in [-0.2, -0.15) is 0 Å². The molecule has 0 aliphatic rings. The first-order chi connectivity index (χ1) is 6.73. The van der Waals surface area contributed by atoms with Crippen LogP contribution in [0.15, 0.2) is 20.2 Å². The molecule has 1 rings (SSSR count). The highest BCUT2D eigenvalue weighted by molar-refractivity contribution is 9.11. The molecule has 84 valence electrons. The van der Waals surface area contributed by atoms with Crippen LogP contribution in [0.4, 0.5) is 8.78 Å². The van der Waals surface area contributed by atoms with E-state index in [1.54, 1.807) is 0 Å². The van der Waals surface area contributed by atoms with Crippen molar-refractivity contribution in [2.24, 2.45) is 5.14 Å². The van der Waals surface area contributed by atoms with Gasteiger partial charge in [0, 0.05) is 0 Å². The first kappa shape index (κ1) is 12.9. The van der Waals surface area contributed by atoms with Crippen molar-refractivity contribution in [3.63, 3.8) is 0 Å². The Morgan fingerprint density at radius 3 is 2.33 bits per heavy atom. The van der Waals surface area contributed by atoms with Crippen LogP contribution in [0.5, 0.6) is 0 Å². The normalized spacial score (nSPS) is 12.1. The van der Waals surface area contributed by atoms with Crippen LogP contribution in [-0.2, 0) is 10.0 Å². The zero-order valence-electron chi connectivity index (χ0n) is 6.92. The Bertz CT molecular complexity index is 492. The van der Waals surface area contributed by atoms with Gasteiger partial charge in [-0.15, -0.1) is 0 Å². The van der Waals surface area contributed by atoms with Crippen molar-refractivity contribution < 1.29 is 17.2 Å². The minimum Gasteiger partial charge on any atom is -0.233 e. The average Bonchev–Trinajstić information content (AvgIpc) is 1.99. The summed E-state index contributed by atoms with van der Waals surface area (Å²) in [5.41, 5.74) is -0.735. The molecule has 0 saturated carbocycles. The third-order valence-electron chi connectivity index (χ3n) is 1.47. The summed E-state index contributed by atoms with van der Waals surface area (Å²) in [5.74, 6) is 0. The van der Waals surface area contributed by atoms with Gasteiger partial charge in [-0.3, -0.25) is 0 Å². The van der Waals surface area contributed by atoms with E-state index in [9.17, 15) is 17.2 Å². The number of halogens is 4. The summed E-state index contributed by atoms with van der Waals surface area (Å²) in [6.07, 6.45) is -2.98. The largest absolute Gasteiger partial charge is 0.267 e. The zero-order valence-corrected chi connectivity index (χ0v) is 10.9. The molecule has 2 N–H and O–H groups in total. The third-order valence-corrected chi connectivity index (χ3v) is 3.43. The molecular formula is C6H4Br2F2N2O2S. The van der Waals surface area contributed by atoms with E-state index in [1.165, 1.54) is 0 Å². The summed E-state index contributed by atoms with van der Waals surface area (Å²) in [6.45, 7) is 0. The van der Waals surface area contributed by atoms with Gasteiger partial charge < -0.3 is 0 Å². The van der Waals surface area contributed by atoms with Crippen molar-refractivity contribution in [1.29, 1.82) is 0 Å². The van der Waals surface area contributed by atoms with Crippen molar-refractivity contribution in [3.05, 3.63) is 20.8 Å². The maximum absolute atomic E-state index is 12.5. The summed E-state index contributed by atoms with van der Waals surface area (Å²) in [6, 6.07) is 0.932. The van der Waals surface area contributed by atoms with E-state index in [4.69, 9.17) is 5.14 Å². The van der Waals surface area contributed by atoms with Gasteiger partial charge in [-0.05, 0) is 37.9 Å². The molecular weight excluding hydrogens is 362 g/mol. The zero-order chi connectivity index (χ0) is 11.8. The van der Waals surface area contributed by atoms with Gasteiger partial charge in [0.05, 0.1) is 10.5 Å². The lowest BCUT2D eigenvalue weighted by atomic mass is 10.3. The van der Waals surface area contributed by atoms with Crippen LogP contribution in [0.3, 0.4) is 0 Å². The number of nitrogens with two attached hydrogens (primary N) is 1. The fourth-order valence-corrected chi connectivity index (χ4v) is 3.18. The van der Waals surface area contributed by atoms with Crippen LogP contribution >= 0.6 is 31.9 Å². The van der Waals surface area contributed by atoms with Gasteiger partial charge in [0.15, 0.2) is 0 Å². The Morgan fingerprint density at radius 2 is 1.93 bits per heavy atom. The first-order valence-electron chi connectivity index (χ1n) is 3.40. The molecule has 0 radical (unpaired) electrons. The fourth-order valence-electron chi connectivity index (χ4n) is 0.907. The highest BCUT2D eigenvalue weighted by Gasteiger charge is 2.25. The van der Waals surface area contributed by atoms with Gasteiger partial charge in [-0.25, -0.2) is 27.3 Å². The molecule has 0 saturated heterocycles. The van der Waals surface area contributed by atoms with Crippen LogP contribution in [0.1, 0.15) is 12.0 Å². The molecule has 1 aromatic heterocycles. The second-order valence-electron chi connectivity index (χ2n) is 2.49. The maximum Gasteiger partial charge on any atom is 0.267 e. The Morgan fingerprint density at radius 1 is 1.40 bits per heavy atom. The quantitative estimate of drug-likeness (QED) is 0.816. The SMILES string of the molecule is NS(=O)(=O)c1cc(Br)nc(Br)c1C(F)F. The van der Waals surface area contributed by atoms with E-state index in [-0.39, 0.29) is 9.21 Å². The fraction of sp³-hybridized carbons (Fsp3) is 0.167. The highest BCUT2D eigenvalue weighted by atomic mass is 79.9. The minimum atomic E-state index is -4.20. The molecule has 0 spiro atoms. The molecule has 0 fully saturated rings. The van der Waals surface area contributed by atoms with Gasteiger partial charge in [0.25, 0.3) is 6.43 Å². The van der Waals surface area contributed by atoms with E-state index in [0.29, 0.717) is 0 Å². The second-order valence-corrected chi connectivity index (χ2v) is 5.59. The molecule has 0 amide bonds. The summed E-state index contributed by atoms with van der Waals surface area (Å²) in [4.78, 5) is 2.96. The molecule has 0 aliphatic carbocycles. The van der Waals surface area contributed by atoms with Crippen LogP contribution < -0.4 is 5.14 Å². The van der Waals surface area contributed by atoms with E-state index < -0.39 is 26.9 Å². The summed E-state index contributed by atoms with van der Waals surface area (Å²) < 4.78 is 47.0. The Kier molecular flexibility index (Phi) is 3.80. The number of rotatable bonds is 2. The topological polar surface area (TPSA) is 73.1 Å². The average molecular weight is 366 g/mol. The van der Waals surface area contributed by atoms with Gasteiger partial charge in [-0.1, -0.05) is 0 Å². The van der Waals surface area contributed by atoms with E-state index in [1.807, 2.05) is 0 Å². The summed E-state index contributed by atoms with van der Waals surface area (Å²) in [5, 5.41) is 4.80. The molecule has 4 nitrogen and oxygen atoms in total. The number of alkyl halides is 2. The Labute approximate surface area is 101 Å². The lowest BCUT2D eigenvalue weighted by Crippen LogP contribution is -2.15. The molecule has 0 bridgehead atoms. The van der Waals surface area contributed by atoms with E-state index in [0.717, 1.165) is 6.07 Å². The molecule has 0 atom stereocenters. The predicted octanol–water partition coefficient (Wildman–Crippen LogP) is 2.19. The monoisotopic (exact) mass is 364 g/mol. The number of pyridine rings is 1. The first-order valence-corrected chi connectivity index (χ1v) is 6.53. The summed E-state index contributed by atoms with van der Waals surface area (Å²) >= 11 is 5.63. The minimum absolute atomic E-state index is 0.0998. The number of hydrogen-bond acceptors (Lipinski definition) is 3. The number of primary sulfonamides is 1. The van der Waals surface area contributed by atoms with Crippen LogP contribution in [0.25, 0.3) is 0 Å². The third kappa shape index (κ3) is 2.92. The molecule has 1 heterocycles. The van der Waals surface area contributed by atoms with Gasteiger partial charge in [0.2, 0.25) is 10.0 Å². The molecule has 1 aromatic rings. The molecule has 0 aromatic carbocycles. The lowest BCUT2D eigenvalue weighted by molar-refractivity contribution is 0.146. The number of sulfonamides is 1. The van der Waals surface area contributed by atoms with E-state index in [2.05, 4.69) is 36.8 Å².